The molecule has 6 nitrogen and oxygen atoms in total. The Morgan fingerprint density at radius 3 is 2.62 bits per heavy atom. The van der Waals surface area contributed by atoms with Gasteiger partial charge in [-0.25, -0.2) is 8.42 Å². The number of rotatable bonds is 3. The number of hydrogen-bond donors (Lipinski definition) is 1. The Kier molecular flexibility index (Phi) is 4.82. The summed E-state index contributed by atoms with van der Waals surface area (Å²) >= 11 is 12.7. The molecule has 0 spiro atoms. The van der Waals surface area contributed by atoms with Crippen molar-refractivity contribution in [2.75, 3.05) is 18.1 Å². The Labute approximate surface area is 135 Å². The average Bonchev–Trinajstić information content (AvgIpc) is 2.66. The van der Waals surface area contributed by atoms with Crippen LogP contribution in [0.3, 0.4) is 0 Å². The van der Waals surface area contributed by atoms with E-state index in [2.05, 4.69) is 0 Å². The SMILES string of the molecule is O=C(O)CC1CS(=O)(=O)CCN1C(=O)c1cc(Cl)sc1Cl. The van der Waals surface area contributed by atoms with Crippen LogP contribution in [0.15, 0.2) is 6.07 Å². The van der Waals surface area contributed by atoms with Crippen LogP contribution in [0.5, 0.6) is 0 Å². The van der Waals surface area contributed by atoms with Crippen molar-refractivity contribution in [2.45, 2.75) is 12.5 Å². The molecular weight excluding hydrogens is 361 g/mol. The first-order valence-corrected chi connectivity index (χ1v) is 9.27. The molecule has 1 aromatic rings. The number of sulfone groups is 1. The van der Waals surface area contributed by atoms with Crippen molar-refractivity contribution >= 4 is 56.3 Å². The highest BCUT2D eigenvalue weighted by molar-refractivity contribution is 7.91. The second kappa shape index (κ2) is 6.12. The van der Waals surface area contributed by atoms with E-state index < -0.39 is 34.2 Å². The van der Waals surface area contributed by atoms with Crippen molar-refractivity contribution in [3.63, 3.8) is 0 Å². The molecule has 1 aromatic heterocycles. The summed E-state index contributed by atoms with van der Waals surface area (Å²) in [4.78, 5) is 24.6. The van der Waals surface area contributed by atoms with Crippen molar-refractivity contribution in [3.8, 4) is 0 Å². The zero-order chi connectivity index (χ0) is 15.8. The van der Waals surface area contributed by atoms with Gasteiger partial charge in [-0.3, -0.25) is 9.59 Å². The highest BCUT2D eigenvalue weighted by atomic mass is 35.5. The molecule has 0 aliphatic carbocycles. The fourth-order valence-electron chi connectivity index (χ4n) is 2.17. The molecule has 1 unspecified atom stereocenters. The van der Waals surface area contributed by atoms with Gasteiger partial charge in [-0.2, -0.15) is 0 Å². The third-order valence-electron chi connectivity index (χ3n) is 3.09. The molecule has 0 radical (unpaired) electrons. The van der Waals surface area contributed by atoms with Crippen LogP contribution in [-0.2, 0) is 14.6 Å². The molecule has 1 aliphatic rings. The molecule has 116 valence electrons. The summed E-state index contributed by atoms with van der Waals surface area (Å²) in [5.41, 5.74) is 0.168. The molecule has 21 heavy (non-hydrogen) atoms. The monoisotopic (exact) mass is 371 g/mol. The number of carbonyl (C=O) groups excluding carboxylic acids is 1. The number of halogens is 2. The Morgan fingerprint density at radius 1 is 1.43 bits per heavy atom. The highest BCUT2D eigenvalue weighted by Crippen LogP contribution is 2.33. The van der Waals surface area contributed by atoms with Gasteiger partial charge < -0.3 is 10.0 Å². The second-order valence-electron chi connectivity index (χ2n) is 4.60. The summed E-state index contributed by atoms with van der Waals surface area (Å²) in [6.07, 6.45) is -0.430. The molecular formula is C11H11Cl2NO5S2. The number of hydrogen-bond acceptors (Lipinski definition) is 5. The van der Waals surface area contributed by atoms with Gasteiger partial charge in [0.25, 0.3) is 5.91 Å². The average molecular weight is 372 g/mol. The van der Waals surface area contributed by atoms with Crippen molar-refractivity contribution in [1.29, 1.82) is 0 Å². The van der Waals surface area contributed by atoms with E-state index in [-0.39, 0.29) is 28.0 Å². The van der Waals surface area contributed by atoms with E-state index in [9.17, 15) is 18.0 Å². The van der Waals surface area contributed by atoms with Crippen LogP contribution in [0.25, 0.3) is 0 Å². The van der Waals surface area contributed by atoms with E-state index in [1.807, 2.05) is 0 Å². The van der Waals surface area contributed by atoms with Gasteiger partial charge in [0, 0.05) is 6.54 Å². The number of amides is 1. The van der Waals surface area contributed by atoms with E-state index in [4.69, 9.17) is 28.3 Å². The first-order valence-electron chi connectivity index (χ1n) is 5.87. The standard InChI is InChI=1S/C11H11Cl2NO5S2/c12-8-4-7(10(13)20-8)11(17)14-1-2-21(18,19)5-6(14)3-9(15)16/h4,6H,1-3,5H2,(H,15,16). The van der Waals surface area contributed by atoms with Crippen molar-refractivity contribution in [3.05, 3.63) is 20.3 Å². The Morgan fingerprint density at radius 2 is 2.10 bits per heavy atom. The van der Waals surface area contributed by atoms with Gasteiger partial charge in [0.15, 0.2) is 9.84 Å². The summed E-state index contributed by atoms with van der Waals surface area (Å²) in [5.74, 6) is -2.21. The summed E-state index contributed by atoms with van der Waals surface area (Å²) in [7, 11) is -3.34. The van der Waals surface area contributed by atoms with Crippen LogP contribution in [0.2, 0.25) is 8.67 Å². The molecule has 1 N–H and O–H groups in total. The smallest absolute Gasteiger partial charge is 0.305 e. The predicted molar refractivity (Wildman–Crippen MR) is 80.1 cm³/mol. The van der Waals surface area contributed by atoms with E-state index in [0.29, 0.717) is 4.34 Å². The third kappa shape index (κ3) is 3.88. The fourth-order valence-corrected chi connectivity index (χ4v) is 5.14. The summed E-state index contributed by atoms with van der Waals surface area (Å²) < 4.78 is 23.8. The summed E-state index contributed by atoms with van der Waals surface area (Å²) in [6, 6.07) is 0.501. The molecule has 1 fully saturated rings. The molecule has 0 aromatic carbocycles. The number of aliphatic carboxylic acids is 1. The van der Waals surface area contributed by atoms with Gasteiger partial charge >= 0.3 is 5.97 Å². The number of carbonyl (C=O) groups is 2. The number of carboxylic acid groups (broad SMARTS) is 1. The van der Waals surface area contributed by atoms with Crippen LogP contribution < -0.4 is 0 Å². The molecule has 1 atom stereocenters. The molecule has 1 aliphatic heterocycles. The number of thiophene rings is 1. The quantitative estimate of drug-likeness (QED) is 0.873. The highest BCUT2D eigenvalue weighted by Gasteiger charge is 2.36. The Bertz CT molecular complexity index is 685. The normalized spacial score (nSPS) is 21.2. The van der Waals surface area contributed by atoms with Crippen LogP contribution >= 0.6 is 34.5 Å². The zero-order valence-corrected chi connectivity index (χ0v) is 13.7. The van der Waals surface area contributed by atoms with Crippen molar-refractivity contribution in [1.82, 2.24) is 4.90 Å². The molecule has 1 amide bonds. The van der Waals surface area contributed by atoms with Crippen LogP contribution in [0.1, 0.15) is 16.8 Å². The molecule has 10 heteroatoms. The minimum atomic E-state index is -3.34. The lowest BCUT2D eigenvalue weighted by molar-refractivity contribution is -0.138. The molecule has 0 saturated carbocycles. The maximum absolute atomic E-state index is 12.4. The van der Waals surface area contributed by atoms with Gasteiger partial charge in [0.05, 0.1) is 33.9 Å². The Hall–Kier alpha value is -0.830. The second-order valence-corrected chi connectivity index (χ2v) is 9.12. The van der Waals surface area contributed by atoms with Crippen LogP contribution in [0, 0.1) is 0 Å². The number of nitrogens with zero attached hydrogens (tertiary/aromatic N) is 1. The van der Waals surface area contributed by atoms with Gasteiger partial charge in [-0.15, -0.1) is 11.3 Å². The third-order valence-corrected chi connectivity index (χ3v) is 6.27. The maximum atomic E-state index is 12.4. The largest absolute Gasteiger partial charge is 0.481 e. The van der Waals surface area contributed by atoms with Gasteiger partial charge in [-0.05, 0) is 6.07 Å². The predicted octanol–water partition coefficient (Wildman–Crippen LogP) is 1.77. The van der Waals surface area contributed by atoms with E-state index in [1.165, 1.54) is 11.0 Å². The summed E-state index contributed by atoms with van der Waals surface area (Å²) in [5, 5.41) is 8.89. The van der Waals surface area contributed by atoms with Gasteiger partial charge in [0.1, 0.15) is 4.34 Å². The summed E-state index contributed by atoms with van der Waals surface area (Å²) in [6.45, 7) is -0.0527. The van der Waals surface area contributed by atoms with Gasteiger partial charge in [-0.1, -0.05) is 23.2 Å². The first-order chi connectivity index (χ1) is 9.69. The number of carboxylic acids is 1. The van der Waals surface area contributed by atoms with E-state index >= 15 is 0 Å². The minimum absolute atomic E-state index is 0.0527. The first kappa shape index (κ1) is 16.5. The molecule has 0 bridgehead atoms. The lowest BCUT2D eigenvalue weighted by Crippen LogP contribution is -2.51. The van der Waals surface area contributed by atoms with E-state index in [0.717, 1.165) is 11.3 Å². The zero-order valence-electron chi connectivity index (χ0n) is 10.6. The molecule has 2 rings (SSSR count). The van der Waals surface area contributed by atoms with Crippen LogP contribution in [0.4, 0.5) is 0 Å². The lowest BCUT2D eigenvalue weighted by atomic mass is 10.1. The lowest BCUT2D eigenvalue weighted by Gasteiger charge is -2.34. The maximum Gasteiger partial charge on any atom is 0.305 e. The van der Waals surface area contributed by atoms with Crippen LogP contribution in [-0.4, -0.2) is 54.4 Å². The molecule has 2 heterocycles. The minimum Gasteiger partial charge on any atom is -0.481 e. The topological polar surface area (TPSA) is 91.8 Å². The van der Waals surface area contributed by atoms with E-state index in [1.54, 1.807) is 0 Å². The van der Waals surface area contributed by atoms with Crippen molar-refractivity contribution in [2.24, 2.45) is 0 Å². The van der Waals surface area contributed by atoms with Crippen molar-refractivity contribution < 1.29 is 23.1 Å². The molecule has 1 saturated heterocycles. The van der Waals surface area contributed by atoms with Gasteiger partial charge in [0.2, 0.25) is 0 Å². The Balaban J connectivity index is 2.29. The fraction of sp³-hybridized carbons (Fsp3) is 0.455.